The van der Waals surface area contributed by atoms with Crippen LogP contribution in [0.5, 0.6) is 0 Å². The molecule has 1 aliphatic rings. The van der Waals surface area contributed by atoms with E-state index in [2.05, 4.69) is 36.4 Å². The summed E-state index contributed by atoms with van der Waals surface area (Å²) >= 11 is 2.13. The highest BCUT2D eigenvalue weighted by Gasteiger charge is 2.37. The number of benzene rings is 1. The lowest BCUT2D eigenvalue weighted by Crippen LogP contribution is -2.29. The lowest BCUT2D eigenvalue weighted by Gasteiger charge is -2.36. The first-order valence-electron chi connectivity index (χ1n) is 9.57. The molecule has 1 aliphatic carbocycles. The van der Waals surface area contributed by atoms with E-state index in [4.69, 9.17) is 4.98 Å². The third-order valence-corrected chi connectivity index (χ3v) is 6.58. The second-order valence-electron chi connectivity index (χ2n) is 8.82. The van der Waals surface area contributed by atoms with Gasteiger partial charge < -0.3 is 10.2 Å². The number of aromatic nitrogens is 1. The van der Waals surface area contributed by atoms with E-state index < -0.39 is 23.9 Å². The van der Waals surface area contributed by atoms with Crippen molar-refractivity contribution in [1.82, 2.24) is 4.98 Å². The van der Waals surface area contributed by atoms with Crippen molar-refractivity contribution in [3.8, 4) is 0 Å². The van der Waals surface area contributed by atoms with Crippen LogP contribution in [-0.4, -0.2) is 15.2 Å². The second kappa shape index (κ2) is 7.81. The van der Waals surface area contributed by atoms with E-state index in [9.17, 15) is 23.4 Å². The van der Waals surface area contributed by atoms with E-state index in [1.165, 1.54) is 12.1 Å². The minimum absolute atomic E-state index is 0.00935. The summed E-state index contributed by atoms with van der Waals surface area (Å²) in [6.45, 7) is 8.12. The first-order chi connectivity index (χ1) is 13.3. The van der Waals surface area contributed by atoms with Gasteiger partial charge in [0.05, 0.1) is 17.4 Å². The summed E-state index contributed by atoms with van der Waals surface area (Å²) in [5, 5.41) is 21.8. The van der Waals surface area contributed by atoms with Crippen LogP contribution in [0, 0.1) is 8.99 Å². The molecule has 0 fully saturated rings. The number of rotatable bonds is 3. The average Bonchev–Trinajstić information content (AvgIpc) is 2.58. The lowest BCUT2D eigenvalue weighted by molar-refractivity contribution is -0.137. The van der Waals surface area contributed by atoms with Gasteiger partial charge in [0.2, 0.25) is 0 Å². The third-order valence-electron chi connectivity index (χ3n) is 5.41. The average molecular weight is 519 g/mol. The maximum Gasteiger partial charge on any atom is 0.416 e. The van der Waals surface area contributed by atoms with Gasteiger partial charge in [-0.2, -0.15) is 13.2 Å². The number of alkyl halides is 3. The van der Waals surface area contributed by atoms with Crippen molar-refractivity contribution in [3.05, 3.63) is 61.5 Å². The summed E-state index contributed by atoms with van der Waals surface area (Å²) in [5.74, 6) is 0.00935. The molecular formula is C22H25F3INO2. The lowest BCUT2D eigenvalue weighted by atomic mass is 9.74. The molecule has 0 radical (unpaired) electrons. The van der Waals surface area contributed by atoms with Gasteiger partial charge in [0.1, 0.15) is 6.10 Å². The first-order valence-corrected chi connectivity index (χ1v) is 10.6. The Morgan fingerprint density at radius 3 is 2.28 bits per heavy atom. The fraction of sp³-hybridized carbons (Fsp3) is 0.500. The number of hydrogen-bond acceptors (Lipinski definition) is 3. The minimum Gasteiger partial charge on any atom is -0.388 e. The number of aliphatic hydroxyl groups excluding tert-OH is 2. The summed E-state index contributed by atoms with van der Waals surface area (Å²) < 4.78 is 39.4. The summed E-state index contributed by atoms with van der Waals surface area (Å²) in [6.07, 6.45) is -4.92. The topological polar surface area (TPSA) is 53.4 Å². The molecule has 2 aromatic rings. The monoisotopic (exact) mass is 519 g/mol. The zero-order valence-electron chi connectivity index (χ0n) is 16.8. The molecule has 0 amide bonds. The molecule has 1 heterocycles. The van der Waals surface area contributed by atoms with E-state index in [0.29, 0.717) is 23.2 Å². The molecule has 0 bridgehead atoms. The van der Waals surface area contributed by atoms with Gasteiger partial charge in [-0.3, -0.25) is 4.98 Å². The van der Waals surface area contributed by atoms with Crippen LogP contribution < -0.4 is 0 Å². The number of nitrogens with zero attached hydrogens (tertiary/aromatic N) is 1. The zero-order chi connectivity index (χ0) is 21.7. The van der Waals surface area contributed by atoms with Crippen LogP contribution >= 0.6 is 22.6 Å². The molecule has 3 nitrogen and oxygen atoms in total. The van der Waals surface area contributed by atoms with Crippen molar-refractivity contribution in [3.63, 3.8) is 0 Å². The predicted molar refractivity (Wildman–Crippen MR) is 114 cm³/mol. The Hall–Kier alpha value is -1.19. The quantitative estimate of drug-likeness (QED) is 0.496. The van der Waals surface area contributed by atoms with Gasteiger partial charge in [0.25, 0.3) is 0 Å². The Balaban J connectivity index is 2.12. The number of pyridine rings is 1. The Morgan fingerprint density at radius 1 is 1.17 bits per heavy atom. The fourth-order valence-corrected chi connectivity index (χ4v) is 5.24. The highest BCUT2D eigenvalue weighted by molar-refractivity contribution is 14.1. The molecule has 2 unspecified atom stereocenters. The maximum absolute atomic E-state index is 12.9. The van der Waals surface area contributed by atoms with E-state index in [-0.39, 0.29) is 11.3 Å². The second-order valence-corrected chi connectivity index (χ2v) is 9.90. The van der Waals surface area contributed by atoms with Crippen LogP contribution in [0.4, 0.5) is 13.2 Å². The Morgan fingerprint density at radius 2 is 1.76 bits per heavy atom. The molecule has 7 heteroatoms. The third kappa shape index (κ3) is 4.46. The molecule has 0 spiro atoms. The Bertz CT molecular complexity index is 908. The van der Waals surface area contributed by atoms with E-state index in [1.807, 2.05) is 13.8 Å². The molecule has 3 rings (SSSR count). The number of hydrogen-bond donors (Lipinski definition) is 2. The van der Waals surface area contributed by atoms with Gasteiger partial charge in [-0.15, -0.1) is 0 Å². The molecule has 29 heavy (non-hydrogen) atoms. The van der Waals surface area contributed by atoms with Crippen LogP contribution in [0.1, 0.15) is 85.9 Å². The number of halogens is 4. The van der Waals surface area contributed by atoms with Crippen LogP contribution in [-0.2, 0) is 12.6 Å². The molecular weight excluding hydrogens is 494 g/mol. The largest absolute Gasteiger partial charge is 0.416 e. The van der Waals surface area contributed by atoms with Gasteiger partial charge >= 0.3 is 6.18 Å². The molecule has 2 atom stereocenters. The summed E-state index contributed by atoms with van der Waals surface area (Å²) in [4.78, 5) is 4.82. The SMILES string of the molecule is CC(C)c1nc2c(c(I)c1C(O)c1ccc(C(F)(F)F)cc1)C(O)CC(C)(C)C2. The molecule has 0 saturated carbocycles. The van der Waals surface area contributed by atoms with Crippen molar-refractivity contribution in [2.45, 2.75) is 64.8 Å². The fourth-order valence-electron chi connectivity index (χ4n) is 4.00. The Labute approximate surface area is 182 Å². The van der Waals surface area contributed by atoms with Crippen molar-refractivity contribution >= 4 is 22.6 Å². The van der Waals surface area contributed by atoms with Crippen molar-refractivity contribution in [1.29, 1.82) is 0 Å². The van der Waals surface area contributed by atoms with E-state index in [0.717, 1.165) is 33.4 Å². The molecule has 1 aromatic carbocycles. The maximum atomic E-state index is 12.9. The molecule has 158 valence electrons. The summed E-state index contributed by atoms with van der Waals surface area (Å²) in [7, 11) is 0. The normalized spacial score (nSPS) is 19.9. The highest BCUT2D eigenvalue weighted by Crippen LogP contribution is 2.45. The van der Waals surface area contributed by atoms with Crippen LogP contribution in [0.2, 0.25) is 0 Å². The van der Waals surface area contributed by atoms with Gasteiger partial charge in [-0.1, -0.05) is 39.8 Å². The van der Waals surface area contributed by atoms with Gasteiger partial charge in [0.15, 0.2) is 0 Å². The molecule has 2 N–H and O–H groups in total. The zero-order valence-corrected chi connectivity index (χ0v) is 19.0. The van der Waals surface area contributed by atoms with Gasteiger partial charge in [-0.05, 0) is 64.5 Å². The predicted octanol–water partition coefficient (Wildman–Crippen LogP) is 5.92. The van der Waals surface area contributed by atoms with Gasteiger partial charge in [0, 0.05) is 20.4 Å². The highest BCUT2D eigenvalue weighted by atomic mass is 127. The first kappa shape index (κ1) is 22.5. The smallest absolute Gasteiger partial charge is 0.388 e. The van der Waals surface area contributed by atoms with Crippen LogP contribution in [0.15, 0.2) is 24.3 Å². The summed E-state index contributed by atoms with van der Waals surface area (Å²) in [5.41, 5.74) is 2.38. The number of aliphatic hydroxyl groups is 2. The van der Waals surface area contributed by atoms with Crippen molar-refractivity contribution < 1.29 is 23.4 Å². The van der Waals surface area contributed by atoms with Crippen LogP contribution in [0.3, 0.4) is 0 Å². The molecule has 1 aromatic heterocycles. The standard InChI is InChI=1S/C22H25F3INO2/c1-11(2)19-17(20(29)12-5-7-13(8-6-12)22(23,24)25)18(26)16-14(27-19)9-21(3,4)10-15(16)28/h5-8,11,15,20,28-29H,9-10H2,1-4H3. The summed E-state index contributed by atoms with van der Waals surface area (Å²) in [6, 6.07) is 4.55. The van der Waals surface area contributed by atoms with Crippen LogP contribution in [0.25, 0.3) is 0 Å². The molecule has 0 saturated heterocycles. The molecule has 0 aliphatic heterocycles. The van der Waals surface area contributed by atoms with Crippen molar-refractivity contribution in [2.75, 3.05) is 0 Å². The van der Waals surface area contributed by atoms with E-state index in [1.54, 1.807) is 0 Å². The van der Waals surface area contributed by atoms with Gasteiger partial charge in [-0.25, -0.2) is 0 Å². The van der Waals surface area contributed by atoms with Crippen molar-refractivity contribution in [2.24, 2.45) is 5.41 Å². The van der Waals surface area contributed by atoms with E-state index >= 15 is 0 Å². The Kier molecular flexibility index (Phi) is 6.06. The minimum atomic E-state index is -4.43. The number of fused-ring (bicyclic) bond motifs is 1.